The van der Waals surface area contributed by atoms with E-state index in [-0.39, 0.29) is 11.3 Å². The summed E-state index contributed by atoms with van der Waals surface area (Å²) in [5.41, 5.74) is -0.900. The summed E-state index contributed by atoms with van der Waals surface area (Å²) in [5.74, 6) is 0.0384. The molecule has 0 spiro atoms. The van der Waals surface area contributed by atoms with Gasteiger partial charge in [-0.3, -0.25) is 10.1 Å². The van der Waals surface area contributed by atoms with E-state index in [0.717, 1.165) is 32.5 Å². The van der Waals surface area contributed by atoms with Gasteiger partial charge in [0.2, 0.25) is 11.9 Å². The molecule has 2 fully saturated rings. The second kappa shape index (κ2) is 14.4. The average molecular weight is 507 g/mol. The zero-order valence-corrected chi connectivity index (χ0v) is 22.9. The number of rotatable bonds is 9. The summed E-state index contributed by atoms with van der Waals surface area (Å²) in [7, 11) is 0. The molecule has 2 N–H and O–H groups in total. The van der Waals surface area contributed by atoms with Gasteiger partial charge in [-0.25, -0.2) is 9.79 Å². The summed E-state index contributed by atoms with van der Waals surface area (Å²) in [5, 5.41) is 15.8. The number of piperidine rings is 1. The number of hydrogen-bond acceptors (Lipinski definition) is 7. The number of hydrogen-bond donors (Lipinski definition) is 2. The first-order valence-electron chi connectivity index (χ1n) is 13.4. The summed E-state index contributed by atoms with van der Waals surface area (Å²) in [6.45, 7) is 15.4. The maximum absolute atomic E-state index is 13.6. The van der Waals surface area contributed by atoms with E-state index in [2.05, 4.69) is 49.3 Å². The molecule has 2 saturated heterocycles. The Kier molecular flexibility index (Phi) is 11.9. The molecule has 0 aliphatic carbocycles. The van der Waals surface area contributed by atoms with Crippen molar-refractivity contribution in [2.75, 3.05) is 52.5 Å². The summed E-state index contributed by atoms with van der Waals surface area (Å²) >= 11 is 0. The molecule has 0 saturated carbocycles. The number of morpholine rings is 1. The second-order valence-electron chi connectivity index (χ2n) is 11.0. The normalized spacial score (nSPS) is 19.8. The third kappa shape index (κ3) is 9.94. The maximum Gasteiger partial charge on any atom is 0.413 e. The lowest BCUT2D eigenvalue weighted by molar-refractivity contribution is -0.124. The summed E-state index contributed by atoms with van der Waals surface area (Å²) in [6.07, 6.45) is 3.61. The molecule has 10 heteroatoms. The van der Waals surface area contributed by atoms with Crippen molar-refractivity contribution in [1.29, 1.82) is 5.26 Å². The third-order valence-corrected chi connectivity index (χ3v) is 6.54. The number of ether oxygens (including phenoxy) is 2. The highest BCUT2D eigenvalue weighted by Gasteiger charge is 2.38. The van der Waals surface area contributed by atoms with Crippen LogP contribution in [-0.4, -0.2) is 91.9 Å². The highest BCUT2D eigenvalue weighted by atomic mass is 16.5. The van der Waals surface area contributed by atoms with Crippen LogP contribution in [0.1, 0.15) is 73.1 Å². The van der Waals surface area contributed by atoms with Gasteiger partial charge in [0.05, 0.1) is 25.9 Å². The molecule has 2 amide bonds. The van der Waals surface area contributed by atoms with Crippen LogP contribution < -0.4 is 10.6 Å². The molecule has 0 aromatic carbocycles. The Balaban J connectivity index is 2.26. The van der Waals surface area contributed by atoms with Gasteiger partial charge in [-0.1, -0.05) is 34.6 Å². The molecular weight excluding hydrogens is 460 g/mol. The van der Waals surface area contributed by atoms with Gasteiger partial charge >= 0.3 is 6.09 Å². The van der Waals surface area contributed by atoms with E-state index in [0.29, 0.717) is 64.6 Å². The number of alkyl carbamates (subject to hydrolysis) is 1. The molecular formula is C26H46N6O4. The van der Waals surface area contributed by atoms with Gasteiger partial charge in [-0.05, 0) is 50.5 Å². The number of aliphatic imine (C=N–C) groups is 1. The first-order valence-corrected chi connectivity index (χ1v) is 13.4. The van der Waals surface area contributed by atoms with Gasteiger partial charge in [0.1, 0.15) is 11.6 Å². The van der Waals surface area contributed by atoms with E-state index in [1.807, 2.05) is 11.8 Å². The van der Waals surface area contributed by atoms with Crippen LogP contribution in [0.5, 0.6) is 0 Å². The molecule has 2 aliphatic heterocycles. The van der Waals surface area contributed by atoms with Gasteiger partial charge in [-0.2, -0.15) is 5.26 Å². The van der Waals surface area contributed by atoms with Gasteiger partial charge in [0.15, 0.2) is 0 Å². The van der Waals surface area contributed by atoms with Crippen molar-refractivity contribution < 1.29 is 19.1 Å². The third-order valence-electron chi connectivity index (χ3n) is 6.54. The topological polar surface area (TPSA) is 119 Å². The van der Waals surface area contributed by atoms with Crippen molar-refractivity contribution in [3.05, 3.63) is 0 Å². The number of likely N-dealkylation sites (tertiary alicyclic amines) is 1. The van der Waals surface area contributed by atoms with Crippen molar-refractivity contribution in [2.24, 2.45) is 10.4 Å². The predicted octanol–water partition coefficient (Wildman–Crippen LogP) is 2.89. The van der Waals surface area contributed by atoms with Crippen molar-refractivity contribution >= 4 is 18.0 Å². The predicted molar refractivity (Wildman–Crippen MR) is 140 cm³/mol. The first kappa shape index (κ1) is 29.8. The van der Waals surface area contributed by atoms with E-state index in [1.165, 1.54) is 0 Å². The zero-order chi connectivity index (χ0) is 26.6. The number of carbonyl (C=O) groups excluding carboxylic acids is 2. The van der Waals surface area contributed by atoms with E-state index in [1.54, 1.807) is 0 Å². The average Bonchev–Trinajstić information content (AvgIpc) is 2.85. The number of nitrogens with zero attached hydrogens (tertiary/aromatic N) is 4. The number of amides is 2. The Morgan fingerprint density at radius 3 is 2.36 bits per heavy atom. The minimum absolute atomic E-state index is 0.000922. The van der Waals surface area contributed by atoms with Crippen LogP contribution in [0.15, 0.2) is 4.99 Å². The number of guanidine groups is 1. The zero-order valence-electron chi connectivity index (χ0n) is 22.9. The van der Waals surface area contributed by atoms with Crippen LogP contribution >= 0.6 is 0 Å². The van der Waals surface area contributed by atoms with E-state index < -0.39 is 17.7 Å². The molecule has 2 heterocycles. The van der Waals surface area contributed by atoms with E-state index in [4.69, 9.17) is 14.5 Å². The van der Waals surface area contributed by atoms with Gasteiger partial charge in [0, 0.05) is 26.2 Å². The van der Waals surface area contributed by atoms with Gasteiger partial charge in [0.25, 0.3) is 0 Å². The molecule has 0 unspecified atom stereocenters. The minimum Gasteiger partial charge on any atom is -0.449 e. The van der Waals surface area contributed by atoms with Crippen LogP contribution in [-0.2, 0) is 14.3 Å². The minimum atomic E-state index is -0.899. The monoisotopic (exact) mass is 506 g/mol. The Labute approximate surface area is 216 Å². The molecule has 2 rings (SSSR count). The molecule has 0 radical (unpaired) electrons. The fourth-order valence-corrected chi connectivity index (χ4v) is 4.32. The molecule has 204 valence electrons. The number of carbonyl (C=O) groups is 2. The largest absolute Gasteiger partial charge is 0.449 e. The Bertz CT molecular complexity index is 774. The Morgan fingerprint density at radius 2 is 1.81 bits per heavy atom. The molecule has 2 aliphatic rings. The fourth-order valence-electron chi connectivity index (χ4n) is 4.32. The Morgan fingerprint density at radius 1 is 1.14 bits per heavy atom. The standard InChI is InChI=1S/C26H46N6O4/c1-6-12-31-13-10-26(20-27,11-14-31)30-22(33)21(8-9-25(3,4)5)28-23(29-24(34)36-17-7-2)32-15-18-35-19-16-32/h21H,6-19H2,1-5H3,(H,30,33)(H,28,29,34)/t21-/m1/s1. The molecule has 0 bridgehead atoms. The first-order chi connectivity index (χ1) is 17.1. The number of nitriles is 1. The van der Waals surface area contributed by atoms with Crippen molar-refractivity contribution in [1.82, 2.24) is 20.4 Å². The smallest absolute Gasteiger partial charge is 0.413 e. The van der Waals surface area contributed by atoms with Crippen LogP contribution in [0.25, 0.3) is 0 Å². The van der Waals surface area contributed by atoms with Crippen LogP contribution in [0, 0.1) is 16.7 Å². The molecule has 36 heavy (non-hydrogen) atoms. The molecule has 10 nitrogen and oxygen atoms in total. The lowest BCUT2D eigenvalue weighted by atomic mass is 9.86. The lowest BCUT2D eigenvalue weighted by Gasteiger charge is -2.38. The summed E-state index contributed by atoms with van der Waals surface area (Å²) in [4.78, 5) is 35.0. The fraction of sp³-hybridized carbons (Fsp3) is 0.846. The SMILES string of the molecule is CCCOC(=O)NC(=N[C@H](CCC(C)(C)C)C(=O)NC1(C#N)CCN(CCC)CC1)N1CCOCC1. The van der Waals surface area contributed by atoms with Crippen LogP contribution in [0.2, 0.25) is 0 Å². The van der Waals surface area contributed by atoms with Crippen molar-refractivity contribution in [2.45, 2.75) is 84.7 Å². The van der Waals surface area contributed by atoms with Crippen LogP contribution in [0.3, 0.4) is 0 Å². The maximum atomic E-state index is 13.6. The van der Waals surface area contributed by atoms with E-state index in [9.17, 15) is 14.9 Å². The molecule has 1 atom stereocenters. The number of nitrogens with one attached hydrogen (secondary N) is 2. The molecule has 0 aromatic rings. The quantitative estimate of drug-likeness (QED) is 0.364. The van der Waals surface area contributed by atoms with Crippen molar-refractivity contribution in [3.63, 3.8) is 0 Å². The second-order valence-corrected chi connectivity index (χ2v) is 11.0. The van der Waals surface area contributed by atoms with Crippen LogP contribution in [0.4, 0.5) is 4.79 Å². The van der Waals surface area contributed by atoms with Crippen molar-refractivity contribution in [3.8, 4) is 6.07 Å². The molecule has 0 aromatic heterocycles. The summed E-state index contributed by atoms with van der Waals surface area (Å²) in [6, 6.07) is 1.64. The van der Waals surface area contributed by atoms with Gasteiger partial charge in [-0.15, -0.1) is 0 Å². The summed E-state index contributed by atoms with van der Waals surface area (Å²) < 4.78 is 10.7. The van der Waals surface area contributed by atoms with Gasteiger partial charge < -0.3 is 24.6 Å². The highest BCUT2D eigenvalue weighted by molar-refractivity contribution is 5.96. The lowest BCUT2D eigenvalue weighted by Crippen LogP contribution is -2.57. The Hall–Kier alpha value is -2.38. The highest BCUT2D eigenvalue weighted by Crippen LogP contribution is 2.25. The van der Waals surface area contributed by atoms with E-state index >= 15 is 0 Å².